The fourth-order valence-corrected chi connectivity index (χ4v) is 2.74. The molecule has 3 rings (SSSR count). The first kappa shape index (κ1) is 17.5. The summed E-state index contributed by atoms with van der Waals surface area (Å²) in [6, 6.07) is 9.02. The van der Waals surface area contributed by atoms with Crippen LogP contribution in [0.3, 0.4) is 0 Å². The minimum Gasteiger partial charge on any atom is -0.335 e. The molecule has 0 radical (unpaired) electrons. The van der Waals surface area contributed by atoms with Crippen molar-refractivity contribution in [2.75, 3.05) is 0 Å². The number of nitrogens with zero attached hydrogens (tertiary/aromatic N) is 2. The maximum atomic E-state index is 12.6. The Morgan fingerprint density at radius 2 is 1.84 bits per heavy atom. The lowest BCUT2D eigenvalue weighted by Crippen LogP contribution is -2.32. The molecule has 0 unspecified atom stereocenters. The van der Waals surface area contributed by atoms with Crippen molar-refractivity contribution in [2.45, 2.75) is 44.4 Å². The molecule has 1 aliphatic rings. The van der Waals surface area contributed by atoms with Crippen molar-refractivity contribution in [3.8, 4) is 0 Å². The Balaban J connectivity index is 1.62. The number of hydrogen-bond donors (Lipinski definition) is 0. The Hall–Kier alpha value is -2.37. The number of benzene rings is 1. The standard InChI is InChI=1S/C19H19F3N2O/c20-19(21,22)16-6-3-15(4-7-16)13-24(17-8-9-17)18(25)10-5-14-2-1-11-23-12-14/h1-4,6-7,11-12,17H,5,8-10,13H2. The van der Waals surface area contributed by atoms with E-state index in [2.05, 4.69) is 4.98 Å². The zero-order valence-corrected chi connectivity index (χ0v) is 13.7. The lowest BCUT2D eigenvalue weighted by molar-refractivity contribution is -0.137. The molecule has 2 aromatic rings. The van der Waals surface area contributed by atoms with Gasteiger partial charge in [0.05, 0.1) is 5.56 Å². The molecule has 0 atom stereocenters. The highest BCUT2D eigenvalue weighted by molar-refractivity contribution is 5.77. The van der Waals surface area contributed by atoms with Crippen molar-refractivity contribution in [1.82, 2.24) is 9.88 Å². The molecule has 1 saturated carbocycles. The molecule has 0 N–H and O–H groups in total. The zero-order valence-electron chi connectivity index (χ0n) is 13.7. The van der Waals surface area contributed by atoms with Gasteiger partial charge in [-0.1, -0.05) is 18.2 Å². The smallest absolute Gasteiger partial charge is 0.335 e. The van der Waals surface area contributed by atoms with E-state index in [4.69, 9.17) is 0 Å². The number of carbonyl (C=O) groups excluding carboxylic acids is 1. The Bertz CT molecular complexity index is 710. The number of aromatic nitrogens is 1. The monoisotopic (exact) mass is 348 g/mol. The predicted octanol–water partition coefficient (Wildman–Crippen LogP) is 4.22. The third-order valence-corrected chi connectivity index (χ3v) is 4.29. The number of carbonyl (C=O) groups is 1. The maximum absolute atomic E-state index is 12.6. The van der Waals surface area contributed by atoms with Crippen LogP contribution >= 0.6 is 0 Å². The van der Waals surface area contributed by atoms with Gasteiger partial charge in [0.15, 0.2) is 0 Å². The third kappa shape index (κ3) is 4.81. The number of pyridine rings is 1. The van der Waals surface area contributed by atoms with E-state index in [-0.39, 0.29) is 11.9 Å². The third-order valence-electron chi connectivity index (χ3n) is 4.29. The summed E-state index contributed by atoms with van der Waals surface area (Å²) in [5.41, 5.74) is 1.05. The van der Waals surface area contributed by atoms with Crippen LogP contribution in [0, 0.1) is 0 Å². The minimum absolute atomic E-state index is 0.0336. The molecule has 1 aromatic carbocycles. The van der Waals surface area contributed by atoms with E-state index in [0.29, 0.717) is 19.4 Å². The number of halogens is 3. The van der Waals surface area contributed by atoms with Crippen molar-refractivity contribution in [3.05, 3.63) is 65.5 Å². The van der Waals surface area contributed by atoms with Gasteiger partial charge in [-0.15, -0.1) is 0 Å². The molecule has 0 saturated heterocycles. The fourth-order valence-electron chi connectivity index (χ4n) is 2.74. The normalized spacial score (nSPS) is 14.4. The molecular formula is C19H19F3N2O. The van der Waals surface area contributed by atoms with Gasteiger partial charge in [0.2, 0.25) is 5.91 Å². The van der Waals surface area contributed by atoms with Crippen LogP contribution in [0.5, 0.6) is 0 Å². The lowest BCUT2D eigenvalue weighted by Gasteiger charge is -2.23. The van der Waals surface area contributed by atoms with Crippen LogP contribution in [0.1, 0.15) is 36.0 Å². The van der Waals surface area contributed by atoms with Crippen LogP contribution < -0.4 is 0 Å². The van der Waals surface area contributed by atoms with E-state index in [0.717, 1.165) is 36.1 Å². The molecule has 25 heavy (non-hydrogen) atoms. The predicted molar refractivity (Wildman–Crippen MR) is 87.6 cm³/mol. The first-order valence-electron chi connectivity index (χ1n) is 8.28. The summed E-state index contributed by atoms with van der Waals surface area (Å²) < 4.78 is 37.9. The van der Waals surface area contributed by atoms with E-state index in [1.807, 2.05) is 12.1 Å². The fraction of sp³-hybridized carbons (Fsp3) is 0.368. The number of amides is 1. The van der Waals surface area contributed by atoms with Gasteiger partial charge in [0.1, 0.15) is 0 Å². The average molecular weight is 348 g/mol. The Labute approximate surface area is 144 Å². The van der Waals surface area contributed by atoms with Gasteiger partial charge in [-0.3, -0.25) is 9.78 Å². The molecule has 6 heteroatoms. The molecule has 3 nitrogen and oxygen atoms in total. The van der Waals surface area contributed by atoms with Gasteiger partial charge < -0.3 is 4.90 Å². The van der Waals surface area contributed by atoms with Crippen LogP contribution in [0.15, 0.2) is 48.8 Å². The Morgan fingerprint density at radius 3 is 2.40 bits per heavy atom. The van der Waals surface area contributed by atoms with Gasteiger partial charge >= 0.3 is 6.18 Å². The molecular weight excluding hydrogens is 329 g/mol. The molecule has 0 aliphatic heterocycles. The molecule has 0 spiro atoms. The van der Waals surface area contributed by atoms with Crippen molar-refractivity contribution in [3.63, 3.8) is 0 Å². The van der Waals surface area contributed by atoms with Crippen LogP contribution in [-0.4, -0.2) is 21.8 Å². The molecule has 1 heterocycles. The SMILES string of the molecule is O=C(CCc1cccnc1)N(Cc1ccc(C(F)(F)F)cc1)C1CC1. The number of aryl methyl sites for hydroxylation is 1. The lowest BCUT2D eigenvalue weighted by atomic mass is 10.1. The molecule has 1 aromatic heterocycles. The van der Waals surface area contributed by atoms with Crippen molar-refractivity contribution in [1.29, 1.82) is 0 Å². The van der Waals surface area contributed by atoms with Crippen LogP contribution in [0.2, 0.25) is 0 Å². The van der Waals surface area contributed by atoms with Crippen LogP contribution in [0.25, 0.3) is 0 Å². The van der Waals surface area contributed by atoms with E-state index in [1.54, 1.807) is 17.3 Å². The summed E-state index contributed by atoms with van der Waals surface area (Å²) in [5, 5.41) is 0. The first-order chi connectivity index (χ1) is 11.9. The van der Waals surface area contributed by atoms with E-state index in [9.17, 15) is 18.0 Å². The summed E-state index contributed by atoms with van der Waals surface area (Å²) in [7, 11) is 0. The highest BCUT2D eigenvalue weighted by Crippen LogP contribution is 2.31. The number of alkyl halides is 3. The van der Waals surface area contributed by atoms with Crippen molar-refractivity contribution >= 4 is 5.91 Å². The van der Waals surface area contributed by atoms with E-state index < -0.39 is 11.7 Å². The quantitative estimate of drug-likeness (QED) is 0.783. The summed E-state index contributed by atoms with van der Waals surface area (Å²) >= 11 is 0. The molecule has 1 aliphatic carbocycles. The summed E-state index contributed by atoms with van der Waals surface area (Å²) in [6.45, 7) is 0.356. The summed E-state index contributed by atoms with van der Waals surface area (Å²) in [4.78, 5) is 18.4. The second-order valence-corrected chi connectivity index (χ2v) is 6.31. The topological polar surface area (TPSA) is 33.2 Å². The van der Waals surface area contributed by atoms with Crippen LogP contribution in [-0.2, 0) is 23.9 Å². The van der Waals surface area contributed by atoms with Gasteiger partial charge in [-0.2, -0.15) is 13.2 Å². The zero-order chi connectivity index (χ0) is 17.9. The Morgan fingerprint density at radius 1 is 1.12 bits per heavy atom. The van der Waals surface area contributed by atoms with E-state index >= 15 is 0 Å². The molecule has 0 bridgehead atoms. The summed E-state index contributed by atoms with van der Waals surface area (Å²) in [6.07, 6.45) is 2.00. The maximum Gasteiger partial charge on any atom is 0.416 e. The highest BCUT2D eigenvalue weighted by atomic mass is 19.4. The van der Waals surface area contributed by atoms with Gasteiger partial charge in [0.25, 0.3) is 0 Å². The van der Waals surface area contributed by atoms with Gasteiger partial charge in [-0.05, 0) is 48.6 Å². The largest absolute Gasteiger partial charge is 0.416 e. The van der Waals surface area contributed by atoms with Gasteiger partial charge in [-0.25, -0.2) is 0 Å². The highest BCUT2D eigenvalue weighted by Gasteiger charge is 2.33. The summed E-state index contributed by atoms with van der Waals surface area (Å²) in [5.74, 6) is 0.0336. The number of hydrogen-bond acceptors (Lipinski definition) is 2. The second kappa shape index (κ2) is 7.25. The minimum atomic E-state index is -4.34. The first-order valence-corrected chi connectivity index (χ1v) is 8.28. The molecule has 1 fully saturated rings. The molecule has 1 amide bonds. The Kier molecular flexibility index (Phi) is 5.06. The number of rotatable bonds is 6. The van der Waals surface area contributed by atoms with Crippen LogP contribution in [0.4, 0.5) is 13.2 Å². The average Bonchev–Trinajstić information content (AvgIpc) is 3.43. The van der Waals surface area contributed by atoms with Crippen molar-refractivity contribution < 1.29 is 18.0 Å². The van der Waals surface area contributed by atoms with Crippen molar-refractivity contribution in [2.24, 2.45) is 0 Å². The van der Waals surface area contributed by atoms with E-state index in [1.165, 1.54) is 12.1 Å². The van der Waals surface area contributed by atoms with Gasteiger partial charge in [0, 0.05) is 31.4 Å². The molecule has 132 valence electrons. The second-order valence-electron chi connectivity index (χ2n) is 6.31.